The fourth-order valence-electron chi connectivity index (χ4n) is 2.94. The minimum absolute atomic E-state index is 0.166. The summed E-state index contributed by atoms with van der Waals surface area (Å²) in [6.07, 6.45) is 0. The summed E-state index contributed by atoms with van der Waals surface area (Å²) in [4.78, 5) is 12.9. The molecular weight excluding hydrogens is 409 g/mol. The summed E-state index contributed by atoms with van der Waals surface area (Å²) in [6, 6.07) is 33.2. The van der Waals surface area contributed by atoms with Gasteiger partial charge in [-0.3, -0.25) is 4.79 Å². The van der Waals surface area contributed by atoms with Crippen LogP contribution < -0.4 is 19.7 Å². The molecule has 4 rings (SSSR count). The van der Waals surface area contributed by atoms with E-state index in [-0.39, 0.29) is 17.2 Å². The fraction of sp³-hybridized carbons (Fsp3) is 0. The van der Waals surface area contributed by atoms with Gasteiger partial charge in [-0.25, -0.2) is 4.57 Å². The van der Waals surface area contributed by atoms with Gasteiger partial charge in [0.25, 0.3) is 5.91 Å². The monoisotopic (exact) mass is 429 g/mol. The van der Waals surface area contributed by atoms with Crippen molar-refractivity contribution in [3.63, 3.8) is 0 Å². The van der Waals surface area contributed by atoms with Crippen molar-refractivity contribution in [2.24, 2.45) is 0 Å². The average Bonchev–Trinajstić information content (AvgIpc) is 2.81. The molecule has 0 fully saturated rings. The first kappa shape index (κ1) is 20.5. The van der Waals surface area contributed by atoms with E-state index in [0.717, 1.165) is 0 Å². The highest BCUT2D eigenvalue weighted by Crippen LogP contribution is 2.48. The normalized spacial score (nSPS) is 12.4. The van der Waals surface area contributed by atoms with Crippen LogP contribution in [0.25, 0.3) is 0 Å². The van der Waals surface area contributed by atoms with Crippen molar-refractivity contribution < 1.29 is 18.4 Å². The molecule has 5 nitrogen and oxygen atoms in total. The zero-order chi connectivity index (χ0) is 21.5. The molecule has 0 saturated carbocycles. The molecule has 0 aliphatic carbocycles. The predicted octanol–water partition coefficient (Wildman–Crippen LogP) is 5.92. The number of para-hydroxylation sites is 3. The van der Waals surface area contributed by atoms with E-state index in [0.29, 0.717) is 16.7 Å². The summed E-state index contributed by atoms with van der Waals surface area (Å²) in [5, 5.41) is 3.21. The number of carbonyl (C=O) groups is 1. The lowest BCUT2D eigenvalue weighted by Crippen LogP contribution is -2.17. The van der Waals surface area contributed by atoms with Crippen molar-refractivity contribution in [3.8, 4) is 11.5 Å². The quantitative estimate of drug-likeness (QED) is 0.371. The SMILES string of the molecule is O=C(Nc1ccccc1)c1ccccc1OP(=O)(Oc1ccccc1)c1ccccc1. The Kier molecular flexibility index (Phi) is 6.16. The highest BCUT2D eigenvalue weighted by molar-refractivity contribution is 7.63. The van der Waals surface area contributed by atoms with Crippen LogP contribution in [0.4, 0.5) is 5.69 Å². The van der Waals surface area contributed by atoms with E-state index < -0.39 is 7.60 Å². The van der Waals surface area contributed by atoms with Crippen molar-refractivity contribution >= 4 is 24.5 Å². The first-order valence-electron chi connectivity index (χ1n) is 9.69. The molecule has 0 aromatic heterocycles. The van der Waals surface area contributed by atoms with E-state index in [4.69, 9.17) is 9.05 Å². The Labute approximate surface area is 180 Å². The topological polar surface area (TPSA) is 64.6 Å². The third kappa shape index (κ3) is 5.03. The van der Waals surface area contributed by atoms with E-state index >= 15 is 0 Å². The number of nitrogens with one attached hydrogen (secondary N) is 1. The van der Waals surface area contributed by atoms with Crippen LogP contribution in [0.5, 0.6) is 11.5 Å². The van der Waals surface area contributed by atoms with Crippen LogP contribution in [0.2, 0.25) is 0 Å². The number of hydrogen-bond donors (Lipinski definition) is 1. The van der Waals surface area contributed by atoms with Crippen molar-refractivity contribution in [2.45, 2.75) is 0 Å². The number of amides is 1. The fourth-order valence-corrected chi connectivity index (χ4v) is 4.54. The van der Waals surface area contributed by atoms with Crippen LogP contribution in [0.3, 0.4) is 0 Å². The maximum Gasteiger partial charge on any atom is 0.462 e. The summed E-state index contributed by atoms with van der Waals surface area (Å²) in [6.45, 7) is 0. The Morgan fingerprint density at radius 3 is 1.87 bits per heavy atom. The second kappa shape index (κ2) is 9.33. The number of carbonyl (C=O) groups excluding carboxylic acids is 1. The predicted molar refractivity (Wildman–Crippen MR) is 122 cm³/mol. The van der Waals surface area contributed by atoms with Crippen LogP contribution in [0, 0.1) is 0 Å². The molecule has 1 atom stereocenters. The van der Waals surface area contributed by atoms with Crippen LogP contribution in [0.15, 0.2) is 115 Å². The summed E-state index contributed by atoms with van der Waals surface area (Å²) < 4.78 is 25.7. The number of anilines is 1. The summed E-state index contributed by atoms with van der Waals surface area (Å²) in [7, 11) is -3.84. The van der Waals surface area contributed by atoms with Crippen LogP contribution in [0.1, 0.15) is 10.4 Å². The molecule has 0 saturated heterocycles. The first-order chi connectivity index (χ1) is 15.1. The largest absolute Gasteiger partial charge is 0.462 e. The molecule has 1 unspecified atom stereocenters. The van der Waals surface area contributed by atoms with Crippen molar-refractivity contribution in [1.82, 2.24) is 0 Å². The minimum atomic E-state index is -3.84. The molecule has 0 bridgehead atoms. The molecule has 31 heavy (non-hydrogen) atoms. The highest BCUT2D eigenvalue weighted by Gasteiger charge is 2.32. The molecule has 1 amide bonds. The highest BCUT2D eigenvalue weighted by atomic mass is 31.2. The third-order valence-corrected chi connectivity index (χ3v) is 6.24. The van der Waals surface area contributed by atoms with E-state index in [2.05, 4.69) is 5.32 Å². The molecule has 0 spiro atoms. The van der Waals surface area contributed by atoms with Crippen LogP contribution in [-0.4, -0.2) is 5.91 Å². The molecular formula is C25H20NO4P. The molecule has 0 aliphatic rings. The molecule has 6 heteroatoms. The lowest BCUT2D eigenvalue weighted by molar-refractivity contribution is 0.102. The van der Waals surface area contributed by atoms with Crippen molar-refractivity contribution in [3.05, 3.63) is 121 Å². The molecule has 1 N–H and O–H groups in total. The van der Waals surface area contributed by atoms with Gasteiger partial charge in [-0.05, 0) is 48.5 Å². The Hall–Kier alpha value is -3.82. The molecule has 0 radical (unpaired) electrons. The van der Waals surface area contributed by atoms with Gasteiger partial charge in [0.05, 0.1) is 10.9 Å². The summed E-state index contributed by atoms with van der Waals surface area (Å²) in [5.74, 6) is 0.195. The molecule has 0 heterocycles. The van der Waals surface area contributed by atoms with Crippen LogP contribution in [-0.2, 0) is 4.57 Å². The van der Waals surface area contributed by atoms with Gasteiger partial charge in [-0.15, -0.1) is 0 Å². The van der Waals surface area contributed by atoms with Gasteiger partial charge in [0, 0.05) is 5.69 Å². The third-order valence-electron chi connectivity index (χ3n) is 4.42. The number of hydrogen-bond acceptors (Lipinski definition) is 4. The molecule has 4 aromatic rings. The maximum absolute atomic E-state index is 13.9. The van der Waals surface area contributed by atoms with Crippen molar-refractivity contribution in [2.75, 3.05) is 5.32 Å². The average molecular weight is 429 g/mol. The smallest absolute Gasteiger partial charge is 0.413 e. The first-order valence-corrected chi connectivity index (χ1v) is 11.2. The van der Waals surface area contributed by atoms with Gasteiger partial charge in [-0.1, -0.05) is 66.7 Å². The molecule has 4 aromatic carbocycles. The lowest BCUT2D eigenvalue weighted by atomic mass is 10.2. The second-order valence-electron chi connectivity index (χ2n) is 6.64. The second-order valence-corrected chi connectivity index (χ2v) is 8.52. The Morgan fingerprint density at radius 2 is 1.19 bits per heavy atom. The molecule has 154 valence electrons. The number of benzene rings is 4. The Morgan fingerprint density at radius 1 is 0.645 bits per heavy atom. The van der Waals surface area contributed by atoms with E-state index in [9.17, 15) is 9.36 Å². The van der Waals surface area contributed by atoms with Gasteiger partial charge in [0.1, 0.15) is 11.5 Å². The summed E-state index contributed by atoms with van der Waals surface area (Å²) >= 11 is 0. The van der Waals surface area contributed by atoms with Crippen LogP contribution >= 0.6 is 7.60 Å². The summed E-state index contributed by atoms with van der Waals surface area (Å²) in [5.41, 5.74) is 0.897. The zero-order valence-corrected chi connectivity index (χ0v) is 17.4. The van der Waals surface area contributed by atoms with Gasteiger partial charge in [0.15, 0.2) is 0 Å². The maximum atomic E-state index is 13.9. The van der Waals surface area contributed by atoms with E-state index in [1.54, 1.807) is 84.9 Å². The van der Waals surface area contributed by atoms with Crippen molar-refractivity contribution in [1.29, 1.82) is 0 Å². The Bertz CT molecular complexity index is 1200. The van der Waals surface area contributed by atoms with Gasteiger partial charge in [0.2, 0.25) is 0 Å². The van der Waals surface area contributed by atoms with Gasteiger partial charge >= 0.3 is 7.60 Å². The minimum Gasteiger partial charge on any atom is -0.413 e. The lowest BCUT2D eigenvalue weighted by Gasteiger charge is -2.21. The number of rotatable bonds is 7. The standard InChI is InChI=1S/C25H20NO4P/c27-25(26-20-12-4-1-5-13-20)23-18-10-11-19-24(23)30-31(28,22-16-8-3-9-17-22)29-21-14-6-2-7-15-21/h1-19H,(H,26,27). The van der Waals surface area contributed by atoms with Gasteiger partial charge < -0.3 is 14.4 Å². The zero-order valence-electron chi connectivity index (χ0n) is 16.5. The van der Waals surface area contributed by atoms with E-state index in [1.165, 1.54) is 0 Å². The van der Waals surface area contributed by atoms with Gasteiger partial charge in [-0.2, -0.15) is 0 Å². The van der Waals surface area contributed by atoms with E-state index in [1.807, 2.05) is 30.3 Å². The molecule has 0 aliphatic heterocycles. The Balaban J connectivity index is 1.68.